The Morgan fingerprint density at radius 2 is 1.29 bits per heavy atom. The third-order valence-electron chi connectivity index (χ3n) is 2.54. The molecule has 0 spiro atoms. The summed E-state index contributed by atoms with van der Waals surface area (Å²) in [5.41, 5.74) is 2.86. The van der Waals surface area contributed by atoms with Crippen molar-refractivity contribution in [2.45, 2.75) is 48.5 Å². The predicted octanol–water partition coefficient (Wildman–Crippen LogP) is 3.16. The van der Waals surface area contributed by atoms with Crippen LogP contribution in [0.3, 0.4) is 0 Å². The van der Waals surface area contributed by atoms with Crippen LogP contribution in [0.25, 0.3) is 0 Å². The molecule has 84 valence electrons. The molecule has 2 heteroatoms. The fourth-order valence-corrected chi connectivity index (χ4v) is 1.71. The van der Waals surface area contributed by atoms with E-state index in [0.29, 0.717) is 0 Å². The summed E-state index contributed by atoms with van der Waals surface area (Å²) in [6, 6.07) is 0. The highest BCUT2D eigenvalue weighted by atomic mass is 15.4. The highest BCUT2D eigenvalue weighted by molar-refractivity contribution is 5.21. The van der Waals surface area contributed by atoms with Crippen molar-refractivity contribution in [3.05, 3.63) is 11.3 Å². The zero-order chi connectivity index (χ0) is 11.7. The molecule has 14 heavy (non-hydrogen) atoms. The van der Waals surface area contributed by atoms with Crippen LogP contribution in [0.15, 0.2) is 11.3 Å². The molecule has 0 aliphatic heterocycles. The molecule has 0 radical (unpaired) electrons. The van der Waals surface area contributed by atoms with Gasteiger partial charge in [-0.15, -0.1) is 0 Å². The standard InChI is InChI=1S/C12H26N2/c1-9(11(2,3)4)10(14(8)13)12(5,6)7/h13H2,1-8H3/b10-9+. The number of nitrogens with zero attached hydrogens (tertiary/aromatic N) is 1. The van der Waals surface area contributed by atoms with E-state index in [1.807, 2.05) is 7.05 Å². The lowest BCUT2D eigenvalue weighted by Crippen LogP contribution is -2.35. The summed E-state index contributed by atoms with van der Waals surface area (Å²) in [6.45, 7) is 15.4. The third kappa shape index (κ3) is 3.33. The Kier molecular flexibility index (Phi) is 3.79. The molecule has 0 bridgehead atoms. The summed E-state index contributed by atoms with van der Waals surface area (Å²) in [4.78, 5) is 0. The predicted molar refractivity (Wildman–Crippen MR) is 63.6 cm³/mol. The molecule has 2 nitrogen and oxygen atoms in total. The Balaban J connectivity index is 5.41. The molecular weight excluding hydrogens is 172 g/mol. The zero-order valence-electron chi connectivity index (χ0n) is 11.0. The average molecular weight is 198 g/mol. The van der Waals surface area contributed by atoms with E-state index < -0.39 is 0 Å². The molecule has 0 aromatic heterocycles. The summed E-state index contributed by atoms with van der Waals surface area (Å²) in [5.74, 6) is 5.90. The number of hydrazine groups is 1. The van der Waals surface area contributed by atoms with E-state index in [9.17, 15) is 0 Å². The minimum absolute atomic E-state index is 0.0981. The van der Waals surface area contributed by atoms with E-state index in [4.69, 9.17) is 5.84 Å². The van der Waals surface area contributed by atoms with Gasteiger partial charge in [-0.3, -0.25) is 0 Å². The first-order valence-electron chi connectivity index (χ1n) is 5.18. The number of nitrogens with two attached hydrogens (primary N) is 1. The Morgan fingerprint density at radius 3 is 1.36 bits per heavy atom. The van der Waals surface area contributed by atoms with Crippen molar-refractivity contribution in [2.75, 3.05) is 7.05 Å². The zero-order valence-corrected chi connectivity index (χ0v) is 11.0. The SMILES string of the molecule is C/C(=C(\N(C)N)C(C)(C)C)C(C)(C)C. The van der Waals surface area contributed by atoms with Crippen molar-refractivity contribution >= 4 is 0 Å². The van der Waals surface area contributed by atoms with Gasteiger partial charge < -0.3 is 5.01 Å². The van der Waals surface area contributed by atoms with Crippen LogP contribution < -0.4 is 5.84 Å². The maximum absolute atomic E-state index is 5.90. The fourth-order valence-electron chi connectivity index (χ4n) is 1.71. The van der Waals surface area contributed by atoms with Gasteiger partial charge in [0.05, 0.1) is 0 Å². The van der Waals surface area contributed by atoms with Gasteiger partial charge >= 0.3 is 0 Å². The van der Waals surface area contributed by atoms with Crippen molar-refractivity contribution in [1.82, 2.24) is 5.01 Å². The maximum Gasteiger partial charge on any atom is 0.0336 e. The first kappa shape index (κ1) is 13.5. The third-order valence-corrected chi connectivity index (χ3v) is 2.54. The molecule has 0 heterocycles. The van der Waals surface area contributed by atoms with Gasteiger partial charge in [-0.1, -0.05) is 41.5 Å². The van der Waals surface area contributed by atoms with Gasteiger partial charge in [-0.25, -0.2) is 5.84 Å². The van der Waals surface area contributed by atoms with Crippen molar-refractivity contribution in [1.29, 1.82) is 0 Å². The van der Waals surface area contributed by atoms with E-state index in [2.05, 4.69) is 48.5 Å². The van der Waals surface area contributed by atoms with Crippen LogP contribution in [-0.2, 0) is 0 Å². The molecule has 0 aliphatic rings. The second-order valence-electron chi connectivity index (χ2n) is 6.08. The largest absolute Gasteiger partial charge is 0.318 e. The number of hydrogen-bond donors (Lipinski definition) is 1. The van der Waals surface area contributed by atoms with E-state index in [1.54, 1.807) is 5.01 Å². The number of allylic oxidation sites excluding steroid dienone is 2. The van der Waals surface area contributed by atoms with Crippen molar-refractivity contribution in [3.63, 3.8) is 0 Å². The molecule has 0 rings (SSSR count). The van der Waals surface area contributed by atoms with Gasteiger partial charge in [-0.2, -0.15) is 0 Å². The summed E-state index contributed by atoms with van der Waals surface area (Å²) < 4.78 is 0. The minimum Gasteiger partial charge on any atom is -0.318 e. The Bertz CT molecular complexity index is 224. The van der Waals surface area contributed by atoms with Crippen molar-refractivity contribution in [2.24, 2.45) is 16.7 Å². The van der Waals surface area contributed by atoms with Gasteiger partial charge in [0.15, 0.2) is 0 Å². The summed E-state index contributed by atoms with van der Waals surface area (Å²) in [6.07, 6.45) is 0. The first-order valence-corrected chi connectivity index (χ1v) is 5.18. The smallest absolute Gasteiger partial charge is 0.0336 e. The van der Waals surface area contributed by atoms with Gasteiger partial charge in [0, 0.05) is 18.2 Å². The molecule has 0 saturated heterocycles. The summed E-state index contributed by atoms with van der Waals surface area (Å²) >= 11 is 0. The van der Waals surface area contributed by atoms with Crippen LogP contribution in [0.1, 0.15) is 48.5 Å². The van der Waals surface area contributed by atoms with Crippen molar-refractivity contribution in [3.8, 4) is 0 Å². The molecule has 0 aromatic rings. The lowest BCUT2D eigenvalue weighted by atomic mass is 9.79. The Labute approximate surface area is 89.1 Å². The minimum atomic E-state index is 0.0981. The van der Waals surface area contributed by atoms with Gasteiger partial charge in [0.1, 0.15) is 0 Å². The quantitative estimate of drug-likeness (QED) is 0.518. The molecule has 0 atom stereocenters. The van der Waals surface area contributed by atoms with Crippen LogP contribution in [0.5, 0.6) is 0 Å². The van der Waals surface area contributed by atoms with E-state index in [-0.39, 0.29) is 10.8 Å². The topological polar surface area (TPSA) is 29.3 Å². The first-order chi connectivity index (χ1) is 5.98. The monoisotopic (exact) mass is 198 g/mol. The molecular formula is C12H26N2. The van der Waals surface area contributed by atoms with Crippen LogP contribution in [0.4, 0.5) is 0 Å². The maximum atomic E-state index is 5.90. The van der Waals surface area contributed by atoms with Crippen LogP contribution in [0.2, 0.25) is 0 Å². The van der Waals surface area contributed by atoms with E-state index >= 15 is 0 Å². The second-order valence-corrected chi connectivity index (χ2v) is 6.08. The fraction of sp³-hybridized carbons (Fsp3) is 0.833. The highest BCUT2D eigenvalue weighted by Gasteiger charge is 2.26. The molecule has 2 N–H and O–H groups in total. The lowest BCUT2D eigenvalue weighted by Gasteiger charge is -2.35. The van der Waals surface area contributed by atoms with Crippen molar-refractivity contribution < 1.29 is 0 Å². The summed E-state index contributed by atoms with van der Waals surface area (Å²) in [7, 11) is 1.91. The molecule has 0 amide bonds. The molecule has 0 saturated carbocycles. The van der Waals surface area contributed by atoms with Gasteiger partial charge in [0.25, 0.3) is 0 Å². The van der Waals surface area contributed by atoms with E-state index in [0.717, 1.165) is 0 Å². The number of hydrogen-bond acceptors (Lipinski definition) is 2. The van der Waals surface area contributed by atoms with Gasteiger partial charge in [-0.05, 0) is 17.9 Å². The molecule has 0 fully saturated rings. The molecule has 0 aliphatic carbocycles. The second kappa shape index (κ2) is 3.93. The normalized spacial score (nSPS) is 15.2. The highest BCUT2D eigenvalue weighted by Crippen LogP contribution is 2.36. The van der Waals surface area contributed by atoms with Crippen LogP contribution in [0, 0.1) is 10.8 Å². The molecule has 0 aromatic carbocycles. The van der Waals surface area contributed by atoms with Crippen LogP contribution >= 0.6 is 0 Å². The number of rotatable bonds is 1. The molecule has 0 unspecified atom stereocenters. The average Bonchev–Trinajstić information content (AvgIpc) is 1.79. The van der Waals surface area contributed by atoms with Crippen LogP contribution in [-0.4, -0.2) is 12.1 Å². The Morgan fingerprint density at radius 1 is 0.929 bits per heavy atom. The van der Waals surface area contributed by atoms with E-state index in [1.165, 1.54) is 11.3 Å². The summed E-state index contributed by atoms with van der Waals surface area (Å²) in [5, 5.41) is 1.75. The van der Waals surface area contributed by atoms with Gasteiger partial charge in [0.2, 0.25) is 0 Å². The Hall–Kier alpha value is -0.500. The lowest BCUT2D eigenvalue weighted by molar-refractivity contribution is 0.297.